The van der Waals surface area contributed by atoms with Crippen molar-refractivity contribution in [1.29, 1.82) is 0 Å². The summed E-state index contributed by atoms with van der Waals surface area (Å²) in [7, 11) is 1.21. The maximum Gasteiger partial charge on any atom is 0.427 e. The lowest BCUT2D eigenvalue weighted by atomic mass is 10.2. The summed E-state index contributed by atoms with van der Waals surface area (Å²) in [5.74, 6) is 0. The van der Waals surface area contributed by atoms with Gasteiger partial charge in [0.05, 0.1) is 24.3 Å². The van der Waals surface area contributed by atoms with E-state index >= 15 is 0 Å². The van der Waals surface area contributed by atoms with Gasteiger partial charge < -0.3 is 9.15 Å². The van der Waals surface area contributed by atoms with Crippen LogP contribution in [0, 0.1) is 0 Å². The molecule has 0 aliphatic rings. The molecule has 98 valence electrons. The lowest BCUT2D eigenvalue weighted by Crippen LogP contribution is -2.18. The monoisotopic (exact) mass is 280 g/mol. The molecule has 0 saturated heterocycles. The fourth-order valence-corrected chi connectivity index (χ4v) is 1.58. The van der Waals surface area contributed by atoms with E-state index < -0.39 is 6.09 Å². The molecule has 1 aromatic carbocycles. The number of methoxy groups -OCH3 is 1. The minimum atomic E-state index is -0.732. The summed E-state index contributed by atoms with van der Waals surface area (Å²) in [6, 6.07) is 4.74. The number of hydrogen-bond donors (Lipinski definition) is 1. The van der Waals surface area contributed by atoms with Crippen molar-refractivity contribution in [3.05, 3.63) is 45.3 Å². The topological polar surface area (TPSA) is 80.9 Å². The number of carbonyl (C=O) groups is 1. The summed E-state index contributed by atoms with van der Waals surface area (Å²) in [6.45, 7) is 0. The van der Waals surface area contributed by atoms with Crippen molar-refractivity contribution in [2.75, 3.05) is 7.11 Å². The van der Waals surface area contributed by atoms with Gasteiger partial charge >= 0.3 is 6.09 Å². The van der Waals surface area contributed by atoms with Gasteiger partial charge in [0, 0.05) is 5.02 Å². The highest BCUT2D eigenvalue weighted by molar-refractivity contribution is 6.31. The zero-order valence-corrected chi connectivity index (χ0v) is 10.6. The zero-order valence-electron chi connectivity index (χ0n) is 9.84. The third-order valence-corrected chi connectivity index (χ3v) is 2.54. The average molecular weight is 281 g/mol. The van der Waals surface area contributed by atoms with Crippen LogP contribution in [-0.2, 0) is 4.74 Å². The van der Waals surface area contributed by atoms with Gasteiger partial charge in [-0.1, -0.05) is 11.6 Å². The maximum atomic E-state index is 12.1. The molecule has 0 aliphatic heterocycles. The Morgan fingerprint density at radius 1 is 1.53 bits per heavy atom. The number of carbonyl (C=O) groups excluding carboxylic acids is 1. The Morgan fingerprint density at radius 2 is 2.32 bits per heavy atom. The lowest BCUT2D eigenvalue weighted by Gasteiger charge is -1.99. The van der Waals surface area contributed by atoms with Crippen LogP contribution in [0.25, 0.3) is 11.0 Å². The number of amides is 1. The lowest BCUT2D eigenvalue weighted by molar-refractivity contribution is 0.171. The first-order valence-corrected chi connectivity index (χ1v) is 5.57. The van der Waals surface area contributed by atoms with Crippen molar-refractivity contribution in [3.63, 3.8) is 0 Å². The highest BCUT2D eigenvalue weighted by atomic mass is 35.5. The Labute approximate surface area is 112 Å². The number of rotatable bonds is 2. The summed E-state index contributed by atoms with van der Waals surface area (Å²) in [6.07, 6.45) is 1.69. The summed E-state index contributed by atoms with van der Waals surface area (Å²) in [5, 5.41) is 4.33. The van der Waals surface area contributed by atoms with E-state index in [1.54, 1.807) is 12.1 Å². The maximum absolute atomic E-state index is 12.1. The normalized spacial score (nSPS) is 10.8. The summed E-state index contributed by atoms with van der Waals surface area (Å²) in [4.78, 5) is 22.8. The predicted molar refractivity (Wildman–Crippen MR) is 70.6 cm³/mol. The van der Waals surface area contributed by atoms with E-state index in [1.807, 2.05) is 0 Å². The first-order chi connectivity index (χ1) is 9.11. The van der Waals surface area contributed by atoms with Crippen LogP contribution >= 0.6 is 11.6 Å². The molecule has 0 fully saturated rings. The summed E-state index contributed by atoms with van der Waals surface area (Å²) >= 11 is 5.82. The van der Waals surface area contributed by atoms with Crippen molar-refractivity contribution < 1.29 is 13.9 Å². The van der Waals surface area contributed by atoms with E-state index in [-0.39, 0.29) is 11.0 Å². The van der Waals surface area contributed by atoms with Crippen molar-refractivity contribution in [1.82, 2.24) is 5.43 Å². The van der Waals surface area contributed by atoms with E-state index in [4.69, 9.17) is 16.0 Å². The standard InChI is InChI=1S/C12H9ClN2O4/c1-18-12(17)15-14-5-7-6-19-10-3-2-8(13)4-9(10)11(7)16/h2-6H,1H3,(H,15,17)/b14-5+. The fraction of sp³-hybridized carbons (Fsp3) is 0.0833. The molecule has 0 atom stereocenters. The fourth-order valence-electron chi connectivity index (χ4n) is 1.41. The Bertz CT molecular complexity index is 708. The Hall–Kier alpha value is -2.34. The molecule has 1 heterocycles. The molecule has 19 heavy (non-hydrogen) atoms. The van der Waals surface area contributed by atoms with Crippen molar-refractivity contribution >= 4 is 34.9 Å². The molecular formula is C12H9ClN2O4. The van der Waals surface area contributed by atoms with Gasteiger partial charge in [-0.3, -0.25) is 4.79 Å². The molecule has 0 spiro atoms. The van der Waals surface area contributed by atoms with Gasteiger partial charge in [-0.15, -0.1) is 0 Å². The van der Waals surface area contributed by atoms with Crippen LogP contribution < -0.4 is 10.9 Å². The number of hydrogen-bond acceptors (Lipinski definition) is 5. The predicted octanol–water partition coefficient (Wildman–Crippen LogP) is 2.14. The van der Waals surface area contributed by atoms with E-state index in [1.165, 1.54) is 25.7 Å². The Kier molecular flexibility index (Phi) is 3.82. The number of nitrogens with zero attached hydrogens (tertiary/aromatic N) is 1. The molecule has 2 aromatic rings. The minimum absolute atomic E-state index is 0.186. The molecule has 0 unspecified atom stereocenters. The molecular weight excluding hydrogens is 272 g/mol. The molecule has 0 bridgehead atoms. The van der Waals surface area contributed by atoms with Gasteiger partial charge in [0.1, 0.15) is 11.8 Å². The number of hydrazone groups is 1. The zero-order chi connectivity index (χ0) is 13.8. The van der Waals surface area contributed by atoms with Gasteiger partial charge in [0.15, 0.2) is 0 Å². The molecule has 1 aromatic heterocycles. The van der Waals surface area contributed by atoms with Crippen molar-refractivity contribution in [2.45, 2.75) is 0 Å². The van der Waals surface area contributed by atoms with Gasteiger partial charge in [-0.05, 0) is 18.2 Å². The third kappa shape index (κ3) is 2.92. The second-order valence-electron chi connectivity index (χ2n) is 3.52. The van der Waals surface area contributed by atoms with Gasteiger partial charge in [0.2, 0.25) is 5.43 Å². The van der Waals surface area contributed by atoms with Gasteiger partial charge in [-0.25, -0.2) is 10.2 Å². The second kappa shape index (κ2) is 5.53. The minimum Gasteiger partial charge on any atom is -0.463 e. The van der Waals surface area contributed by atoms with E-state index in [2.05, 4.69) is 15.3 Å². The first kappa shape index (κ1) is 13.1. The van der Waals surface area contributed by atoms with Gasteiger partial charge in [0.25, 0.3) is 0 Å². The summed E-state index contributed by atoms with van der Waals surface area (Å²) in [5.41, 5.74) is 2.39. The Morgan fingerprint density at radius 3 is 3.05 bits per heavy atom. The number of fused-ring (bicyclic) bond motifs is 1. The Balaban J connectivity index is 2.37. The summed E-state index contributed by atoms with van der Waals surface area (Å²) < 4.78 is 9.59. The molecule has 2 rings (SSSR count). The van der Waals surface area contributed by atoms with Crippen LogP contribution in [0.5, 0.6) is 0 Å². The molecule has 6 nitrogen and oxygen atoms in total. The first-order valence-electron chi connectivity index (χ1n) is 5.20. The van der Waals surface area contributed by atoms with Crippen LogP contribution in [0.3, 0.4) is 0 Å². The van der Waals surface area contributed by atoms with Crippen LogP contribution in [0.1, 0.15) is 5.56 Å². The number of halogens is 1. The van der Waals surface area contributed by atoms with E-state index in [9.17, 15) is 9.59 Å². The average Bonchev–Trinajstić information content (AvgIpc) is 2.41. The third-order valence-electron chi connectivity index (χ3n) is 2.31. The molecule has 0 saturated carbocycles. The van der Waals surface area contributed by atoms with Crippen LogP contribution in [-0.4, -0.2) is 19.4 Å². The largest absolute Gasteiger partial charge is 0.463 e. The smallest absolute Gasteiger partial charge is 0.427 e. The number of ether oxygens (including phenoxy) is 1. The van der Waals surface area contributed by atoms with Crippen LogP contribution in [0.2, 0.25) is 5.02 Å². The van der Waals surface area contributed by atoms with E-state index in [0.29, 0.717) is 16.0 Å². The highest BCUT2D eigenvalue weighted by Gasteiger charge is 2.06. The molecule has 7 heteroatoms. The number of benzene rings is 1. The van der Waals surface area contributed by atoms with Crippen LogP contribution in [0.4, 0.5) is 4.79 Å². The number of nitrogens with one attached hydrogen (secondary N) is 1. The SMILES string of the molecule is COC(=O)N/N=C/c1coc2ccc(Cl)cc2c1=O. The second-order valence-corrected chi connectivity index (χ2v) is 3.96. The molecule has 1 N–H and O–H groups in total. The van der Waals surface area contributed by atoms with Gasteiger partial charge in [-0.2, -0.15) is 5.10 Å². The highest BCUT2D eigenvalue weighted by Crippen LogP contribution is 2.16. The molecule has 0 radical (unpaired) electrons. The molecule has 0 aliphatic carbocycles. The molecule has 1 amide bonds. The van der Waals surface area contributed by atoms with Crippen LogP contribution in [0.15, 0.2) is 38.8 Å². The van der Waals surface area contributed by atoms with Crippen molar-refractivity contribution in [2.24, 2.45) is 5.10 Å². The van der Waals surface area contributed by atoms with Crippen molar-refractivity contribution in [3.8, 4) is 0 Å². The quantitative estimate of drug-likeness (QED) is 0.675. The van der Waals surface area contributed by atoms with E-state index in [0.717, 1.165) is 0 Å².